The maximum atomic E-state index is 6.20. The Morgan fingerprint density at radius 3 is 2.70 bits per heavy atom. The molecule has 1 unspecified atom stereocenters. The number of halogens is 2. The summed E-state index contributed by atoms with van der Waals surface area (Å²) in [6, 6.07) is 7.36. The molecule has 3 N–H and O–H groups in total. The Bertz CT molecular complexity index is 729. The van der Waals surface area contributed by atoms with Gasteiger partial charge in [-0.25, -0.2) is 4.99 Å². The van der Waals surface area contributed by atoms with Gasteiger partial charge in [-0.2, -0.15) is 0 Å². The summed E-state index contributed by atoms with van der Waals surface area (Å²) in [4.78, 5) is 8.66. The monoisotopic (exact) mass is 350 g/mol. The van der Waals surface area contributed by atoms with Gasteiger partial charge >= 0.3 is 0 Å². The summed E-state index contributed by atoms with van der Waals surface area (Å²) in [6.07, 6.45) is 1.83. The van der Waals surface area contributed by atoms with Gasteiger partial charge in [0.05, 0.1) is 12.6 Å². The third-order valence-electron chi connectivity index (χ3n) is 3.57. The van der Waals surface area contributed by atoms with Gasteiger partial charge in [-0.1, -0.05) is 29.3 Å². The SMILES string of the molecule is Cc1cc(C)c(CN=C(N)NC(C)c2ccc(Cl)cc2Cl)cn1. The van der Waals surface area contributed by atoms with Crippen molar-refractivity contribution in [2.45, 2.75) is 33.4 Å². The van der Waals surface area contributed by atoms with Crippen LogP contribution in [0.4, 0.5) is 0 Å². The van der Waals surface area contributed by atoms with E-state index in [-0.39, 0.29) is 6.04 Å². The number of nitrogens with two attached hydrogens (primary N) is 1. The predicted molar refractivity (Wildman–Crippen MR) is 97.1 cm³/mol. The predicted octanol–water partition coefficient (Wildman–Crippen LogP) is 4.17. The van der Waals surface area contributed by atoms with Crippen LogP contribution in [0.25, 0.3) is 0 Å². The van der Waals surface area contributed by atoms with Crippen LogP contribution in [0.1, 0.15) is 35.3 Å². The molecule has 0 saturated heterocycles. The number of pyridine rings is 1. The van der Waals surface area contributed by atoms with Crippen LogP contribution in [-0.4, -0.2) is 10.9 Å². The molecule has 1 heterocycles. The number of hydrogen-bond acceptors (Lipinski definition) is 2. The number of rotatable bonds is 4. The summed E-state index contributed by atoms with van der Waals surface area (Å²) in [5.74, 6) is 0.364. The maximum Gasteiger partial charge on any atom is 0.189 e. The molecule has 122 valence electrons. The van der Waals surface area contributed by atoms with E-state index < -0.39 is 0 Å². The Hall–Kier alpha value is -1.78. The highest BCUT2D eigenvalue weighted by molar-refractivity contribution is 6.35. The summed E-state index contributed by atoms with van der Waals surface area (Å²) in [5.41, 5.74) is 10.1. The Balaban J connectivity index is 2.04. The van der Waals surface area contributed by atoms with Crippen LogP contribution in [0.2, 0.25) is 10.0 Å². The Morgan fingerprint density at radius 1 is 1.30 bits per heavy atom. The lowest BCUT2D eigenvalue weighted by molar-refractivity contribution is 0.707. The van der Waals surface area contributed by atoms with Gasteiger partial charge in [-0.3, -0.25) is 4.98 Å². The molecule has 0 spiro atoms. The fourth-order valence-electron chi connectivity index (χ4n) is 2.26. The van der Waals surface area contributed by atoms with Crippen molar-refractivity contribution in [3.8, 4) is 0 Å². The molecule has 2 rings (SSSR count). The Kier molecular flexibility index (Phi) is 5.85. The quantitative estimate of drug-likeness (QED) is 0.642. The Morgan fingerprint density at radius 2 is 2.04 bits per heavy atom. The molecule has 1 aromatic carbocycles. The molecule has 0 aliphatic carbocycles. The minimum Gasteiger partial charge on any atom is -0.370 e. The van der Waals surface area contributed by atoms with Crippen molar-refractivity contribution in [1.29, 1.82) is 0 Å². The van der Waals surface area contributed by atoms with Crippen molar-refractivity contribution >= 4 is 29.2 Å². The number of guanidine groups is 1. The molecule has 6 heteroatoms. The van der Waals surface area contributed by atoms with E-state index in [0.717, 1.165) is 22.4 Å². The average Bonchev–Trinajstić information content (AvgIpc) is 2.46. The lowest BCUT2D eigenvalue weighted by Gasteiger charge is -2.16. The Labute approximate surface area is 146 Å². The van der Waals surface area contributed by atoms with Gasteiger partial charge in [0, 0.05) is 21.9 Å². The van der Waals surface area contributed by atoms with Crippen LogP contribution in [0.3, 0.4) is 0 Å². The number of nitrogens with zero attached hydrogens (tertiary/aromatic N) is 2. The van der Waals surface area contributed by atoms with Crippen LogP contribution in [-0.2, 0) is 6.54 Å². The zero-order valence-corrected chi connectivity index (χ0v) is 14.9. The average molecular weight is 351 g/mol. The molecule has 2 aromatic rings. The molecule has 0 fully saturated rings. The van der Waals surface area contributed by atoms with E-state index in [1.807, 2.05) is 39.1 Å². The number of hydrogen-bond donors (Lipinski definition) is 2. The van der Waals surface area contributed by atoms with Crippen LogP contribution in [0.15, 0.2) is 35.5 Å². The zero-order chi connectivity index (χ0) is 17.0. The fraction of sp³-hybridized carbons (Fsp3) is 0.294. The molecular formula is C17H20Cl2N4. The van der Waals surface area contributed by atoms with Gasteiger partial charge < -0.3 is 11.1 Å². The van der Waals surface area contributed by atoms with Gasteiger partial charge in [0.2, 0.25) is 0 Å². The van der Waals surface area contributed by atoms with Crippen LogP contribution in [0.5, 0.6) is 0 Å². The van der Waals surface area contributed by atoms with Gasteiger partial charge in [0.15, 0.2) is 5.96 Å². The van der Waals surface area contributed by atoms with E-state index in [0.29, 0.717) is 22.5 Å². The molecule has 0 amide bonds. The first-order valence-corrected chi connectivity index (χ1v) is 8.06. The lowest BCUT2D eigenvalue weighted by Crippen LogP contribution is -2.34. The van der Waals surface area contributed by atoms with Crippen molar-refractivity contribution < 1.29 is 0 Å². The van der Waals surface area contributed by atoms with Crippen molar-refractivity contribution in [3.05, 3.63) is 62.9 Å². The third kappa shape index (κ3) is 4.85. The van der Waals surface area contributed by atoms with Crippen molar-refractivity contribution in [3.63, 3.8) is 0 Å². The highest BCUT2D eigenvalue weighted by Crippen LogP contribution is 2.25. The topological polar surface area (TPSA) is 63.3 Å². The van der Waals surface area contributed by atoms with Crippen LogP contribution in [0, 0.1) is 13.8 Å². The first-order valence-electron chi connectivity index (χ1n) is 7.30. The summed E-state index contributed by atoms with van der Waals surface area (Å²) in [7, 11) is 0. The van der Waals surface area contributed by atoms with Gasteiger partial charge in [-0.15, -0.1) is 0 Å². The largest absolute Gasteiger partial charge is 0.370 e. The number of aromatic nitrogens is 1. The van der Waals surface area contributed by atoms with Crippen molar-refractivity contribution in [2.75, 3.05) is 0 Å². The zero-order valence-electron chi connectivity index (χ0n) is 13.4. The highest BCUT2D eigenvalue weighted by Gasteiger charge is 2.10. The molecule has 0 aliphatic rings. The van der Waals surface area contributed by atoms with Gasteiger partial charge in [-0.05, 0) is 55.7 Å². The normalized spacial score (nSPS) is 13.0. The van der Waals surface area contributed by atoms with E-state index in [2.05, 4.69) is 15.3 Å². The number of nitrogens with one attached hydrogen (secondary N) is 1. The molecule has 23 heavy (non-hydrogen) atoms. The highest BCUT2D eigenvalue weighted by atomic mass is 35.5. The summed E-state index contributed by atoms with van der Waals surface area (Å²) in [5, 5.41) is 4.34. The minimum absolute atomic E-state index is 0.0687. The molecule has 1 aromatic heterocycles. The van der Waals surface area contributed by atoms with Crippen molar-refractivity contribution in [1.82, 2.24) is 10.3 Å². The molecule has 0 saturated carbocycles. The lowest BCUT2D eigenvalue weighted by atomic mass is 10.1. The van der Waals surface area contributed by atoms with E-state index >= 15 is 0 Å². The summed E-state index contributed by atoms with van der Waals surface area (Å²) >= 11 is 12.1. The fourth-order valence-corrected chi connectivity index (χ4v) is 2.83. The second-order valence-corrected chi connectivity index (χ2v) is 6.33. The van der Waals surface area contributed by atoms with Gasteiger partial charge in [0.25, 0.3) is 0 Å². The van der Waals surface area contributed by atoms with E-state index in [9.17, 15) is 0 Å². The molecule has 0 aliphatic heterocycles. The standard InChI is InChI=1S/C17H20Cl2N4/c1-10-6-11(2)21-8-13(10)9-22-17(20)23-12(3)15-5-4-14(18)7-16(15)19/h4-8,12H,9H2,1-3H3,(H3,20,22,23). The van der Waals surface area contributed by atoms with Crippen molar-refractivity contribution in [2.24, 2.45) is 10.7 Å². The first-order chi connectivity index (χ1) is 10.9. The molecule has 1 atom stereocenters. The summed E-state index contributed by atoms with van der Waals surface area (Å²) < 4.78 is 0. The van der Waals surface area contributed by atoms with Gasteiger partial charge in [0.1, 0.15) is 0 Å². The van der Waals surface area contributed by atoms with Crippen LogP contribution < -0.4 is 11.1 Å². The van der Waals surface area contributed by atoms with E-state index in [1.54, 1.807) is 12.1 Å². The second-order valence-electron chi connectivity index (χ2n) is 5.49. The van der Waals surface area contributed by atoms with E-state index in [4.69, 9.17) is 28.9 Å². The first kappa shape index (κ1) is 17.6. The van der Waals surface area contributed by atoms with E-state index in [1.165, 1.54) is 0 Å². The molecular weight excluding hydrogens is 331 g/mol. The number of aryl methyl sites for hydroxylation is 2. The van der Waals surface area contributed by atoms with Crippen LogP contribution >= 0.6 is 23.2 Å². The number of benzene rings is 1. The molecule has 0 bridgehead atoms. The minimum atomic E-state index is -0.0687. The third-order valence-corrected chi connectivity index (χ3v) is 4.13. The molecule has 4 nitrogen and oxygen atoms in total. The maximum absolute atomic E-state index is 6.20. The number of aliphatic imine (C=N–C) groups is 1. The second kappa shape index (κ2) is 7.66. The smallest absolute Gasteiger partial charge is 0.189 e. The molecule has 0 radical (unpaired) electrons. The summed E-state index contributed by atoms with van der Waals surface area (Å²) in [6.45, 7) is 6.46.